The molecule has 0 unspecified atom stereocenters. The van der Waals surface area contributed by atoms with Gasteiger partial charge < -0.3 is 10.2 Å². The molecule has 3 rings (SSSR count). The second-order valence-corrected chi connectivity index (χ2v) is 6.91. The van der Waals surface area contributed by atoms with E-state index in [9.17, 15) is 0 Å². The Morgan fingerprint density at radius 1 is 1.14 bits per heavy atom. The summed E-state index contributed by atoms with van der Waals surface area (Å²) in [6.45, 7) is 0. The molecule has 0 spiro atoms. The predicted octanol–water partition coefficient (Wildman–Crippen LogP) is 3.68. The summed E-state index contributed by atoms with van der Waals surface area (Å²) in [6.07, 6.45) is 6.53. The quantitative estimate of drug-likeness (QED) is 0.918. The van der Waals surface area contributed by atoms with Gasteiger partial charge >= 0.3 is 0 Å². The van der Waals surface area contributed by atoms with E-state index in [-0.39, 0.29) is 0 Å². The maximum Gasteiger partial charge on any atom is 0.137 e. The van der Waals surface area contributed by atoms with Crippen LogP contribution in [0, 0.1) is 0 Å². The Balaban J connectivity index is 1.75. The Morgan fingerprint density at radius 2 is 1.90 bits per heavy atom. The Kier molecular flexibility index (Phi) is 4.40. The molecule has 0 saturated heterocycles. The van der Waals surface area contributed by atoms with Gasteiger partial charge in [-0.3, -0.25) is 0 Å². The largest absolute Gasteiger partial charge is 0.367 e. The smallest absolute Gasteiger partial charge is 0.137 e. The van der Waals surface area contributed by atoms with Crippen LogP contribution in [0.4, 0.5) is 5.82 Å². The maximum absolute atomic E-state index is 4.44. The molecule has 1 saturated carbocycles. The molecule has 1 aliphatic carbocycles. The number of fused-ring (bicyclic) bond motifs is 1. The van der Waals surface area contributed by atoms with E-state index < -0.39 is 0 Å². The normalized spacial score (nSPS) is 22.7. The minimum absolute atomic E-state index is 0.512. The van der Waals surface area contributed by atoms with Gasteiger partial charge in [0.1, 0.15) is 12.1 Å². The topological polar surface area (TPSA) is 41.0 Å². The van der Waals surface area contributed by atoms with Crippen molar-refractivity contribution in [3.63, 3.8) is 0 Å². The molecule has 5 heteroatoms. The van der Waals surface area contributed by atoms with Crippen LogP contribution in [0.15, 0.2) is 29.0 Å². The molecule has 1 aliphatic rings. The lowest BCUT2D eigenvalue weighted by Crippen LogP contribution is -2.36. The number of nitrogens with zero attached hydrogens (tertiary/aromatic N) is 3. The van der Waals surface area contributed by atoms with Gasteiger partial charge in [-0.05, 0) is 58.0 Å². The van der Waals surface area contributed by atoms with Gasteiger partial charge in [0.25, 0.3) is 0 Å². The van der Waals surface area contributed by atoms with Crippen LogP contribution in [0.1, 0.15) is 25.7 Å². The lowest BCUT2D eigenvalue weighted by molar-refractivity contribution is 0.221. The third-order valence-electron chi connectivity index (χ3n) is 4.37. The van der Waals surface area contributed by atoms with Crippen molar-refractivity contribution >= 4 is 32.7 Å². The Labute approximate surface area is 134 Å². The van der Waals surface area contributed by atoms with Crippen molar-refractivity contribution in [2.24, 2.45) is 0 Å². The van der Waals surface area contributed by atoms with Gasteiger partial charge in [-0.2, -0.15) is 0 Å². The molecule has 1 N–H and O–H groups in total. The van der Waals surface area contributed by atoms with Crippen LogP contribution in [0.25, 0.3) is 10.9 Å². The first kappa shape index (κ1) is 14.7. The first-order valence-electron chi connectivity index (χ1n) is 7.46. The summed E-state index contributed by atoms with van der Waals surface area (Å²) in [4.78, 5) is 11.1. The molecule has 1 aromatic carbocycles. The minimum Gasteiger partial charge on any atom is -0.367 e. The molecule has 0 amide bonds. The fraction of sp³-hybridized carbons (Fsp3) is 0.500. The van der Waals surface area contributed by atoms with Crippen LogP contribution in [0.2, 0.25) is 0 Å². The minimum atomic E-state index is 0.512. The average molecular weight is 349 g/mol. The van der Waals surface area contributed by atoms with Crippen LogP contribution < -0.4 is 5.32 Å². The Hall–Kier alpha value is -1.20. The first-order chi connectivity index (χ1) is 10.1. The van der Waals surface area contributed by atoms with E-state index in [2.05, 4.69) is 56.3 Å². The first-order valence-corrected chi connectivity index (χ1v) is 8.26. The lowest BCUT2D eigenvalue weighted by Gasteiger charge is -2.33. The van der Waals surface area contributed by atoms with Crippen LogP contribution >= 0.6 is 15.9 Å². The molecule has 0 aliphatic heterocycles. The van der Waals surface area contributed by atoms with E-state index >= 15 is 0 Å². The third kappa shape index (κ3) is 3.35. The molecule has 0 atom stereocenters. The monoisotopic (exact) mass is 348 g/mol. The SMILES string of the molecule is CN(C)C1CCC(Nc2ncnc3ccc(Br)cc23)CC1. The van der Waals surface area contributed by atoms with E-state index in [1.807, 2.05) is 12.1 Å². The number of anilines is 1. The van der Waals surface area contributed by atoms with E-state index in [0.717, 1.165) is 27.2 Å². The zero-order valence-electron chi connectivity index (χ0n) is 12.5. The van der Waals surface area contributed by atoms with Crippen molar-refractivity contribution in [2.75, 3.05) is 19.4 Å². The van der Waals surface area contributed by atoms with Crippen molar-refractivity contribution in [2.45, 2.75) is 37.8 Å². The maximum atomic E-state index is 4.44. The van der Waals surface area contributed by atoms with Gasteiger partial charge in [0.15, 0.2) is 0 Å². The Bertz CT molecular complexity index is 621. The molecule has 1 fully saturated rings. The summed E-state index contributed by atoms with van der Waals surface area (Å²) < 4.78 is 1.06. The standard InChI is InChI=1S/C16H21BrN4/c1-21(2)13-6-4-12(5-7-13)20-16-14-9-11(17)3-8-15(14)18-10-19-16/h3,8-10,12-13H,4-7H2,1-2H3,(H,18,19,20). The van der Waals surface area contributed by atoms with E-state index in [1.54, 1.807) is 6.33 Å². The summed E-state index contributed by atoms with van der Waals surface area (Å²) in [7, 11) is 4.35. The van der Waals surface area contributed by atoms with Crippen molar-refractivity contribution in [1.82, 2.24) is 14.9 Å². The van der Waals surface area contributed by atoms with Crippen molar-refractivity contribution in [1.29, 1.82) is 0 Å². The molecule has 21 heavy (non-hydrogen) atoms. The van der Waals surface area contributed by atoms with Crippen LogP contribution in [-0.2, 0) is 0 Å². The van der Waals surface area contributed by atoms with E-state index in [4.69, 9.17) is 0 Å². The zero-order chi connectivity index (χ0) is 14.8. The Morgan fingerprint density at radius 3 is 2.62 bits per heavy atom. The molecule has 1 heterocycles. The lowest BCUT2D eigenvalue weighted by atomic mass is 9.90. The number of aromatic nitrogens is 2. The van der Waals surface area contributed by atoms with Crippen LogP contribution in [0.3, 0.4) is 0 Å². The van der Waals surface area contributed by atoms with Crippen LogP contribution in [-0.4, -0.2) is 41.0 Å². The van der Waals surface area contributed by atoms with E-state index in [0.29, 0.717) is 6.04 Å². The van der Waals surface area contributed by atoms with Gasteiger partial charge in [0.2, 0.25) is 0 Å². The highest BCUT2D eigenvalue weighted by Gasteiger charge is 2.22. The third-order valence-corrected chi connectivity index (χ3v) is 4.86. The van der Waals surface area contributed by atoms with Gasteiger partial charge in [-0.1, -0.05) is 15.9 Å². The van der Waals surface area contributed by atoms with Crippen molar-refractivity contribution in [3.05, 3.63) is 29.0 Å². The van der Waals surface area contributed by atoms with E-state index in [1.165, 1.54) is 25.7 Å². The number of halogens is 1. The van der Waals surface area contributed by atoms with Gasteiger partial charge in [0, 0.05) is 21.9 Å². The average Bonchev–Trinajstić information content (AvgIpc) is 2.48. The summed E-state index contributed by atoms with van der Waals surface area (Å²) in [5, 5.41) is 4.70. The molecular formula is C16H21BrN4. The number of nitrogens with one attached hydrogen (secondary N) is 1. The summed E-state index contributed by atoms with van der Waals surface area (Å²) in [5.74, 6) is 0.953. The fourth-order valence-electron chi connectivity index (χ4n) is 3.07. The van der Waals surface area contributed by atoms with Crippen molar-refractivity contribution in [3.8, 4) is 0 Å². The molecule has 0 radical (unpaired) electrons. The highest BCUT2D eigenvalue weighted by molar-refractivity contribution is 9.10. The summed E-state index contributed by atoms with van der Waals surface area (Å²) >= 11 is 3.53. The fourth-order valence-corrected chi connectivity index (χ4v) is 3.43. The number of hydrogen-bond donors (Lipinski definition) is 1. The molecule has 2 aromatic rings. The zero-order valence-corrected chi connectivity index (χ0v) is 14.1. The molecule has 0 bridgehead atoms. The van der Waals surface area contributed by atoms with Crippen molar-refractivity contribution < 1.29 is 0 Å². The summed E-state index contributed by atoms with van der Waals surface area (Å²) in [5.41, 5.74) is 0.984. The molecule has 112 valence electrons. The highest BCUT2D eigenvalue weighted by Crippen LogP contribution is 2.28. The second-order valence-electron chi connectivity index (χ2n) is 6.00. The number of hydrogen-bond acceptors (Lipinski definition) is 4. The number of benzene rings is 1. The molecule has 1 aromatic heterocycles. The molecular weight excluding hydrogens is 328 g/mol. The van der Waals surface area contributed by atoms with Gasteiger partial charge in [0.05, 0.1) is 5.52 Å². The van der Waals surface area contributed by atoms with Gasteiger partial charge in [-0.15, -0.1) is 0 Å². The summed E-state index contributed by atoms with van der Waals surface area (Å²) in [6, 6.07) is 7.36. The predicted molar refractivity (Wildman–Crippen MR) is 90.6 cm³/mol. The van der Waals surface area contributed by atoms with Gasteiger partial charge in [-0.25, -0.2) is 9.97 Å². The number of rotatable bonds is 3. The van der Waals surface area contributed by atoms with Crippen LogP contribution in [0.5, 0.6) is 0 Å². The highest BCUT2D eigenvalue weighted by atomic mass is 79.9. The molecule has 4 nitrogen and oxygen atoms in total. The second kappa shape index (κ2) is 6.28.